The van der Waals surface area contributed by atoms with E-state index in [1.165, 1.54) is 70.9 Å². The summed E-state index contributed by atoms with van der Waals surface area (Å²) in [4.78, 5) is 1.92. The maximum absolute atomic E-state index is 2.33. The van der Waals surface area contributed by atoms with Crippen molar-refractivity contribution in [3.05, 3.63) is 0 Å². The fraction of sp³-hybridized carbons (Fsp3) is 1.00. The molecule has 0 spiro atoms. The second kappa shape index (κ2) is 10.1. The Hall–Kier alpha value is -0.110. The van der Waals surface area contributed by atoms with Gasteiger partial charge in [-0.3, -0.25) is 0 Å². The quantitative estimate of drug-likeness (QED) is 0.552. The Morgan fingerprint density at radius 1 is 1.00 bits per heavy atom. The summed E-state index contributed by atoms with van der Waals surface area (Å²) < 4.78 is 0. The second-order valence-electron chi connectivity index (χ2n) is 5.20. The molecule has 16 heavy (non-hydrogen) atoms. The molecule has 0 aliphatic carbocycles. The molecule has 1 heterocycles. The molecule has 1 N–H and O–H groups in total. The Kier molecular flexibility index (Phi) is 10.0. The van der Waals surface area contributed by atoms with Crippen molar-refractivity contribution in [1.82, 2.24) is 0 Å². The summed E-state index contributed by atoms with van der Waals surface area (Å²) in [6.07, 6.45) is 13.0. The van der Waals surface area contributed by atoms with Crippen LogP contribution in [0, 0.1) is 0 Å². The van der Waals surface area contributed by atoms with Crippen molar-refractivity contribution in [2.24, 2.45) is 0 Å². The average molecular weight is 231 g/mol. The molecule has 0 aromatic heterocycles. The van der Waals surface area contributed by atoms with E-state index in [1.54, 1.807) is 0 Å². The molecule has 0 bridgehead atoms. The highest BCUT2D eigenvalue weighted by molar-refractivity contribution is 4.61. The Bertz CT molecular complexity index is 150. The molecule has 1 rings (SSSR count). The van der Waals surface area contributed by atoms with E-state index in [1.807, 2.05) is 4.90 Å². The van der Waals surface area contributed by atoms with E-state index in [0.717, 1.165) is 6.04 Å². The van der Waals surface area contributed by atoms with Crippen LogP contribution in [0.15, 0.2) is 0 Å². The smallest absolute Gasteiger partial charge is 0.0876 e. The van der Waals surface area contributed by atoms with Gasteiger partial charge in [-0.05, 0) is 19.3 Å². The minimum Gasteiger partial charge on any atom is -1.00 e. The number of hydrogen-bond donors (Lipinski definition) is 1. The van der Waals surface area contributed by atoms with Gasteiger partial charge in [-0.25, -0.2) is 0 Å². The lowest BCUT2D eigenvalue weighted by molar-refractivity contribution is -0.912. The summed E-state index contributed by atoms with van der Waals surface area (Å²) in [6.45, 7) is 7.53. The summed E-state index contributed by atoms with van der Waals surface area (Å²) >= 11 is 0. The van der Waals surface area contributed by atoms with E-state index in [-0.39, 0.29) is 4.70 Å². The topological polar surface area (TPSA) is 4.44 Å². The first-order valence-corrected chi connectivity index (χ1v) is 7.23. The molecule has 1 aliphatic rings. The normalized spacial score (nSPS) is 24.4. The molecule has 0 amide bonds. The molecular weight excluding hydrogens is 201 g/mol. The first kappa shape index (κ1) is 15.9. The van der Waals surface area contributed by atoms with Gasteiger partial charge in [0.1, 0.15) is 0 Å². The van der Waals surface area contributed by atoms with Crippen molar-refractivity contribution in [2.45, 2.75) is 77.7 Å². The monoisotopic (exact) mass is 231 g/mol. The zero-order chi connectivity index (χ0) is 10.9. The van der Waals surface area contributed by atoms with Gasteiger partial charge in [0, 0.05) is 12.8 Å². The molecule has 0 aromatic rings. The van der Waals surface area contributed by atoms with Crippen molar-refractivity contribution in [1.29, 1.82) is 0 Å². The number of rotatable bonds is 8. The van der Waals surface area contributed by atoms with Crippen LogP contribution in [0.2, 0.25) is 0 Å². The molecule has 0 saturated carbocycles. The first-order valence-electron chi connectivity index (χ1n) is 7.23. The molecule has 1 aliphatic heterocycles. The highest BCUT2D eigenvalue weighted by Gasteiger charge is 2.26. The Morgan fingerprint density at radius 3 is 2.44 bits per heavy atom. The van der Waals surface area contributed by atoms with Crippen LogP contribution in [0.1, 0.15) is 71.6 Å². The first-order chi connectivity index (χ1) is 7.38. The summed E-state index contributed by atoms with van der Waals surface area (Å²) in [5, 5.41) is 0. The second-order valence-corrected chi connectivity index (χ2v) is 5.20. The zero-order valence-electron chi connectivity index (χ0n) is 11.2. The lowest BCUT2D eigenvalue weighted by Crippen LogP contribution is -3.13. The maximum atomic E-state index is 2.33. The zero-order valence-corrected chi connectivity index (χ0v) is 11.2. The minimum absolute atomic E-state index is 0. The van der Waals surface area contributed by atoms with Crippen LogP contribution >= 0.6 is 0 Å². The standard InChI is InChI=1S/C14H29N.FH/c1-3-5-6-7-8-12-15-13-9-11-14(15)10-4-2;/h14H,3-13H2,1-2H3;1H. The van der Waals surface area contributed by atoms with Crippen LogP contribution in [0.25, 0.3) is 0 Å². The third-order valence-electron chi connectivity index (χ3n) is 3.87. The predicted molar refractivity (Wildman–Crippen MR) is 67.4 cm³/mol. The van der Waals surface area contributed by atoms with Crippen LogP contribution in [0.4, 0.5) is 0 Å². The van der Waals surface area contributed by atoms with Gasteiger partial charge in [0.15, 0.2) is 0 Å². The highest BCUT2D eigenvalue weighted by Crippen LogP contribution is 2.07. The van der Waals surface area contributed by atoms with Gasteiger partial charge in [0.05, 0.1) is 19.1 Å². The van der Waals surface area contributed by atoms with Gasteiger partial charge in [-0.2, -0.15) is 0 Å². The lowest BCUT2D eigenvalue weighted by atomic mass is 10.1. The third kappa shape index (κ3) is 5.83. The molecule has 0 radical (unpaired) electrons. The molecule has 0 aromatic carbocycles. The lowest BCUT2D eigenvalue weighted by Gasteiger charge is -2.20. The Morgan fingerprint density at radius 2 is 1.75 bits per heavy atom. The van der Waals surface area contributed by atoms with E-state index in [9.17, 15) is 0 Å². The molecule has 1 saturated heterocycles. The molecule has 2 atom stereocenters. The van der Waals surface area contributed by atoms with Crippen molar-refractivity contribution >= 4 is 0 Å². The Balaban J connectivity index is 0.00000225. The van der Waals surface area contributed by atoms with Gasteiger partial charge >= 0.3 is 0 Å². The maximum Gasteiger partial charge on any atom is 0.0876 e. The van der Waals surface area contributed by atoms with Crippen LogP contribution in [-0.4, -0.2) is 19.1 Å². The van der Waals surface area contributed by atoms with Gasteiger partial charge < -0.3 is 9.60 Å². The van der Waals surface area contributed by atoms with Crippen LogP contribution in [0.5, 0.6) is 0 Å². The molecule has 2 unspecified atom stereocenters. The van der Waals surface area contributed by atoms with E-state index in [0.29, 0.717) is 0 Å². The predicted octanol–water partition coefficient (Wildman–Crippen LogP) is -0.192. The largest absolute Gasteiger partial charge is 1.00 e. The van der Waals surface area contributed by atoms with E-state index < -0.39 is 0 Å². The fourth-order valence-corrected chi connectivity index (χ4v) is 2.97. The Labute approximate surface area is 101 Å². The number of halogens is 1. The fourth-order valence-electron chi connectivity index (χ4n) is 2.97. The van der Waals surface area contributed by atoms with Crippen LogP contribution < -0.4 is 9.60 Å². The summed E-state index contributed by atoms with van der Waals surface area (Å²) in [5.41, 5.74) is 0. The van der Waals surface area contributed by atoms with Gasteiger partial charge in [-0.1, -0.05) is 39.5 Å². The molecular formula is C14H30FN. The molecule has 1 nitrogen and oxygen atoms in total. The van der Waals surface area contributed by atoms with Gasteiger partial charge in [0.25, 0.3) is 0 Å². The summed E-state index contributed by atoms with van der Waals surface area (Å²) in [7, 11) is 0. The number of likely N-dealkylation sites (tertiary alicyclic amines) is 1. The molecule has 1 fully saturated rings. The SMILES string of the molecule is CCCCCCC[NH+]1CCCC1CCC.[F-]. The van der Waals surface area contributed by atoms with E-state index in [2.05, 4.69) is 13.8 Å². The van der Waals surface area contributed by atoms with Crippen molar-refractivity contribution < 1.29 is 9.60 Å². The highest BCUT2D eigenvalue weighted by atomic mass is 19.0. The van der Waals surface area contributed by atoms with E-state index in [4.69, 9.17) is 0 Å². The van der Waals surface area contributed by atoms with Crippen LogP contribution in [0.3, 0.4) is 0 Å². The van der Waals surface area contributed by atoms with Crippen molar-refractivity contribution in [3.8, 4) is 0 Å². The third-order valence-corrected chi connectivity index (χ3v) is 3.87. The number of unbranched alkanes of at least 4 members (excludes halogenated alkanes) is 4. The van der Waals surface area contributed by atoms with Gasteiger partial charge in [-0.15, -0.1) is 0 Å². The molecule has 2 heteroatoms. The number of hydrogen-bond acceptors (Lipinski definition) is 0. The number of quaternary nitrogens is 1. The molecule has 98 valence electrons. The van der Waals surface area contributed by atoms with Crippen LogP contribution in [-0.2, 0) is 0 Å². The van der Waals surface area contributed by atoms with Gasteiger partial charge in [0.2, 0.25) is 0 Å². The number of nitrogens with one attached hydrogen (secondary N) is 1. The minimum atomic E-state index is 0. The summed E-state index contributed by atoms with van der Waals surface area (Å²) in [5.74, 6) is 0. The van der Waals surface area contributed by atoms with Crippen molar-refractivity contribution in [2.75, 3.05) is 13.1 Å². The average Bonchev–Trinajstić information content (AvgIpc) is 2.66. The summed E-state index contributed by atoms with van der Waals surface area (Å²) in [6, 6.07) is 1.01. The van der Waals surface area contributed by atoms with Crippen molar-refractivity contribution in [3.63, 3.8) is 0 Å². The van der Waals surface area contributed by atoms with E-state index >= 15 is 0 Å².